The molecule has 1 heterocycles. The summed E-state index contributed by atoms with van der Waals surface area (Å²) in [5.74, 6) is 1.14. The Morgan fingerprint density at radius 2 is 1.88 bits per heavy atom. The molecule has 0 aliphatic rings. The highest BCUT2D eigenvalue weighted by atomic mass is 16.5. The fourth-order valence-electron chi connectivity index (χ4n) is 3.12. The summed E-state index contributed by atoms with van der Waals surface area (Å²) in [5, 5.41) is 1.19. The fraction of sp³-hybridized carbons (Fsp3) is 0.300. The molecule has 4 nitrogen and oxygen atoms in total. The smallest absolute Gasteiger partial charge is 0.119 e. The number of H-pyrrole nitrogens is 1. The topological polar surface area (TPSA) is 54.3 Å². The largest absolute Gasteiger partial charge is 0.497 e. The lowest BCUT2D eigenvalue weighted by Gasteiger charge is -2.16. The normalized spacial score (nSPS) is 12.3. The van der Waals surface area contributed by atoms with E-state index < -0.39 is 0 Å². The molecule has 1 atom stereocenters. The molecule has 1 aromatic heterocycles. The first-order chi connectivity index (χ1) is 11.6. The summed E-state index contributed by atoms with van der Waals surface area (Å²) in [4.78, 5) is 5.45. The van der Waals surface area contributed by atoms with Gasteiger partial charge in [0, 0.05) is 42.8 Å². The number of aromatic nitrogens is 1. The Morgan fingerprint density at radius 3 is 2.50 bits per heavy atom. The van der Waals surface area contributed by atoms with Gasteiger partial charge in [-0.2, -0.15) is 0 Å². The fourth-order valence-corrected chi connectivity index (χ4v) is 3.12. The van der Waals surface area contributed by atoms with E-state index in [4.69, 9.17) is 10.5 Å². The molecule has 4 heteroatoms. The van der Waals surface area contributed by atoms with Crippen molar-refractivity contribution in [2.75, 3.05) is 32.6 Å². The number of nitrogens with zero attached hydrogens (tertiary/aromatic N) is 1. The molecule has 0 aliphatic heterocycles. The predicted octanol–water partition coefficient (Wildman–Crippen LogP) is 3.53. The first-order valence-electron chi connectivity index (χ1n) is 8.23. The number of fused-ring (bicyclic) bond motifs is 1. The van der Waals surface area contributed by atoms with E-state index in [9.17, 15) is 0 Å². The summed E-state index contributed by atoms with van der Waals surface area (Å²) >= 11 is 0. The zero-order valence-corrected chi connectivity index (χ0v) is 14.5. The van der Waals surface area contributed by atoms with Crippen LogP contribution in [0.25, 0.3) is 10.9 Å². The second kappa shape index (κ2) is 6.97. The second-order valence-corrected chi connectivity index (χ2v) is 6.35. The number of rotatable bonds is 6. The Kier molecular flexibility index (Phi) is 4.76. The van der Waals surface area contributed by atoms with Gasteiger partial charge in [-0.15, -0.1) is 0 Å². The third kappa shape index (κ3) is 3.24. The quantitative estimate of drug-likeness (QED) is 0.730. The molecule has 0 saturated heterocycles. The lowest BCUT2D eigenvalue weighted by molar-refractivity contribution is 0.415. The van der Waals surface area contributed by atoms with Crippen LogP contribution in [0.2, 0.25) is 0 Å². The van der Waals surface area contributed by atoms with Crippen molar-refractivity contribution in [1.82, 2.24) is 4.98 Å². The Labute approximate surface area is 143 Å². The maximum atomic E-state index is 6.10. The average molecular weight is 323 g/mol. The number of aromatic amines is 1. The van der Waals surface area contributed by atoms with E-state index in [1.165, 1.54) is 22.2 Å². The summed E-state index contributed by atoms with van der Waals surface area (Å²) in [5.41, 5.74) is 11.0. The van der Waals surface area contributed by atoms with Gasteiger partial charge >= 0.3 is 0 Å². The summed E-state index contributed by atoms with van der Waals surface area (Å²) in [6.07, 6.45) is 3.00. The van der Waals surface area contributed by atoms with Crippen LogP contribution in [0.5, 0.6) is 5.75 Å². The molecular weight excluding hydrogens is 298 g/mol. The van der Waals surface area contributed by atoms with Crippen LogP contribution in [0.15, 0.2) is 48.7 Å². The minimum Gasteiger partial charge on any atom is -0.497 e. The van der Waals surface area contributed by atoms with Crippen LogP contribution in [-0.4, -0.2) is 32.7 Å². The standard InChI is InChI=1S/C20H25N3O/c1-23(2)16-6-4-14(5-7-16)10-15(12-21)19-13-22-20-9-8-17(24-3)11-18(19)20/h4-9,11,13,15,22H,10,12,21H2,1-3H3. The number of methoxy groups -OCH3 is 1. The number of benzene rings is 2. The van der Waals surface area contributed by atoms with Crippen molar-refractivity contribution in [3.63, 3.8) is 0 Å². The van der Waals surface area contributed by atoms with Crippen molar-refractivity contribution in [1.29, 1.82) is 0 Å². The van der Waals surface area contributed by atoms with Crippen molar-refractivity contribution in [3.8, 4) is 5.75 Å². The van der Waals surface area contributed by atoms with E-state index in [-0.39, 0.29) is 5.92 Å². The molecule has 1 unspecified atom stereocenters. The van der Waals surface area contributed by atoms with Crippen LogP contribution < -0.4 is 15.4 Å². The van der Waals surface area contributed by atoms with Gasteiger partial charge in [0.15, 0.2) is 0 Å². The van der Waals surface area contributed by atoms with E-state index in [0.717, 1.165) is 17.7 Å². The number of hydrogen-bond donors (Lipinski definition) is 2. The first-order valence-corrected chi connectivity index (χ1v) is 8.23. The Bertz CT molecular complexity index is 805. The SMILES string of the molecule is COc1ccc2[nH]cc(C(CN)Cc3ccc(N(C)C)cc3)c2c1. The monoisotopic (exact) mass is 323 g/mol. The molecule has 3 aromatic rings. The Morgan fingerprint density at radius 1 is 1.12 bits per heavy atom. The van der Waals surface area contributed by atoms with Crippen molar-refractivity contribution in [2.24, 2.45) is 5.73 Å². The summed E-state index contributed by atoms with van der Waals surface area (Å²) < 4.78 is 5.36. The highest BCUT2D eigenvalue weighted by Crippen LogP contribution is 2.30. The maximum Gasteiger partial charge on any atom is 0.119 e. The minimum absolute atomic E-state index is 0.274. The van der Waals surface area contributed by atoms with Crippen LogP contribution in [-0.2, 0) is 6.42 Å². The molecule has 0 spiro atoms. The highest BCUT2D eigenvalue weighted by Gasteiger charge is 2.16. The van der Waals surface area contributed by atoms with Gasteiger partial charge in [0.05, 0.1) is 7.11 Å². The molecule has 0 fully saturated rings. The predicted molar refractivity (Wildman–Crippen MR) is 101 cm³/mol. The average Bonchev–Trinajstić information content (AvgIpc) is 3.03. The molecule has 0 amide bonds. The number of ether oxygens (including phenoxy) is 1. The molecule has 126 valence electrons. The van der Waals surface area contributed by atoms with Crippen LogP contribution in [0.4, 0.5) is 5.69 Å². The van der Waals surface area contributed by atoms with Gasteiger partial charge in [-0.1, -0.05) is 12.1 Å². The third-order valence-corrected chi connectivity index (χ3v) is 4.58. The van der Waals surface area contributed by atoms with Gasteiger partial charge in [0.25, 0.3) is 0 Å². The molecule has 3 rings (SSSR count). The van der Waals surface area contributed by atoms with Crippen molar-refractivity contribution >= 4 is 16.6 Å². The van der Waals surface area contributed by atoms with Gasteiger partial charge in [-0.3, -0.25) is 0 Å². The Hall–Kier alpha value is -2.46. The molecule has 2 aromatic carbocycles. The molecule has 0 bridgehead atoms. The Balaban J connectivity index is 1.88. The van der Waals surface area contributed by atoms with E-state index >= 15 is 0 Å². The zero-order valence-electron chi connectivity index (χ0n) is 14.5. The second-order valence-electron chi connectivity index (χ2n) is 6.35. The lowest BCUT2D eigenvalue weighted by Crippen LogP contribution is -2.15. The van der Waals surface area contributed by atoms with Crippen molar-refractivity contribution in [2.45, 2.75) is 12.3 Å². The van der Waals surface area contributed by atoms with Crippen molar-refractivity contribution in [3.05, 3.63) is 59.8 Å². The number of hydrogen-bond acceptors (Lipinski definition) is 3. The highest BCUT2D eigenvalue weighted by molar-refractivity contribution is 5.85. The zero-order chi connectivity index (χ0) is 17.1. The van der Waals surface area contributed by atoms with Crippen molar-refractivity contribution < 1.29 is 4.74 Å². The van der Waals surface area contributed by atoms with E-state index in [2.05, 4.69) is 66.6 Å². The van der Waals surface area contributed by atoms with Gasteiger partial charge in [-0.05, 0) is 54.4 Å². The molecule has 3 N–H and O–H groups in total. The minimum atomic E-state index is 0.274. The van der Waals surface area contributed by atoms with Gasteiger partial charge < -0.3 is 20.4 Å². The van der Waals surface area contributed by atoms with Crippen LogP contribution >= 0.6 is 0 Å². The van der Waals surface area contributed by atoms with E-state index in [1.54, 1.807) is 7.11 Å². The summed E-state index contributed by atoms with van der Waals surface area (Å²) in [6, 6.07) is 14.8. The van der Waals surface area contributed by atoms with Gasteiger partial charge in [0.1, 0.15) is 5.75 Å². The number of nitrogens with one attached hydrogen (secondary N) is 1. The van der Waals surface area contributed by atoms with Crippen LogP contribution in [0.1, 0.15) is 17.0 Å². The van der Waals surface area contributed by atoms with Crippen LogP contribution in [0.3, 0.4) is 0 Å². The molecule has 0 saturated carbocycles. The van der Waals surface area contributed by atoms with E-state index in [1.807, 2.05) is 6.07 Å². The van der Waals surface area contributed by atoms with Gasteiger partial charge in [-0.25, -0.2) is 0 Å². The molecule has 24 heavy (non-hydrogen) atoms. The third-order valence-electron chi connectivity index (χ3n) is 4.58. The molecular formula is C20H25N3O. The summed E-state index contributed by atoms with van der Waals surface area (Å²) in [6.45, 7) is 0.611. The maximum absolute atomic E-state index is 6.10. The van der Waals surface area contributed by atoms with Gasteiger partial charge in [0.2, 0.25) is 0 Å². The lowest BCUT2D eigenvalue weighted by atomic mass is 9.91. The first kappa shape index (κ1) is 16.4. The summed E-state index contributed by atoms with van der Waals surface area (Å²) in [7, 11) is 5.80. The molecule has 0 radical (unpaired) electrons. The molecule has 0 aliphatic carbocycles. The number of anilines is 1. The van der Waals surface area contributed by atoms with E-state index in [0.29, 0.717) is 6.54 Å². The van der Waals surface area contributed by atoms with Crippen LogP contribution in [0, 0.1) is 0 Å². The number of nitrogens with two attached hydrogens (primary N) is 1.